The third kappa shape index (κ3) is 0.312. The monoisotopic (exact) mass is 114 g/mol. The second kappa shape index (κ2) is 0.996. The molecule has 2 heterocycles. The molecule has 0 saturated carbocycles. The smallest absolute Gasteiger partial charge is 0.0548 e. The highest BCUT2D eigenvalue weighted by molar-refractivity contribution is 7.88. The normalized spacial score (nSPS) is 54.6. The molecule has 1 fully saturated rings. The Balaban J connectivity index is 2.40. The molecule has 1 aliphatic carbocycles. The van der Waals surface area contributed by atoms with Gasteiger partial charge in [0.15, 0.2) is 0 Å². The Labute approximate surface area is 44.9 Å². The van der Waals surface area contributed by atoms with E-state index in [-0.39, 0.29) is 0 Å². The summed E-state index contributed by atoms with van der Waals surface area (Å²) in [5.74, 6) is 0. The molecule has 0 spiro atoms. The fourth-order valence-corrected chi connectivity index (χ4v) is 2.46. The lowest BCUT2D eigenvalue weighted by molar-refractivity contribution is 0.651. The van der Waals surface area contributed by atoms with Gasteiger partial charge in [-0.2, -0.15) is 0 Å². The molecule has 0 radical (unpaired) electrons. The standard InChI is InChI=1S/C5H6OS/c6-7-4-1-2-5(7)3-4/h1-2,4-5H,3H2. The maximum absolute atomic E-state index is 10.7. The quantitative estimate of drug-likeness (QED) is 0.418. The molecule has 1 saturated heterocycles. The average molecular weight is 114 g/mol. The lowest BCUT2D eigenvalue weighted by atomic mass is 10.3. The van der Waals surface area contributed by atoms with Crippen molar-refractivity contribution in [2.45, 2.75) is 16.9 Å². The van der Waals surface area contributed by atoms with Crippen molar-refractivity contribution in [3.8, 4) is 0 Å². The summed E-state index contributed by atoms with van der Waals surface area (Å²) in [7, 11) is -0.481. The van der Waals surface area contributed by atoms with Gasteiger partial charge in [-0.25, -0.2) is 0 Å². The number of rotatable bonds is 0. The third-order valence-electron chi connectivity index (χ3n) is 1.60. The van der Waals surface area contributed by atoms with Crippen LogP contribution in [0.2, 0.25) is 0 Å². The highest BCUT2D eigenvalue weighted by Gasteiger charge is 2.39. The minimum absolute atomic E-state index is 0.449. The second-order valence-corrected chi connectivity index (χ2v) is 3.89. The molecule has 0 aromatic carbocycles. The predicted octanol–water partition coefficient (Wildman–Crippen LogP) is 0.446. The molecule has 3 rings (SSSR count). The topological polar surface area (TPSA) is 17.1 Å². The summed E-state index contributed by atoms with van der Waals surface area (Å²) in [6.45, 7) is 0. The van der Waals surface area contributed by atoms with E-state index in [9.17, 15) is 4.21 Å². The highest BCUT2D eigenvalue weighted by Crippen LogP contribution is 2.33. The van der Waals surface area contributed by atoms with Crippen LogP contribution in [0, 0.1) is 0 Å². The van der Waals surface area contributed by atoms with Gasteiger partial charge < -0.3 is 0 Å². The zero-order chi connectivity index (χ0) is 4.85. The highest BCUT2D eigenvalue weighted by atomic mass is 32.2. The summed E-state index contributed by atoms with van der Waals surface area (Å²) >= 11 is 0. The van der Waals surface area contributed by atoms with Crippen LogP contribution in [0.3, 0.4) is 0 Å². The summed E-state index contributed by atoms with van der Waals surface area (Å²) in [6.07, 6.45) is 5.30. The minimum atomic E-state index is -0.481. The van der Waals surface area contributed by atoms with Gasteiger partial charge in [0.1, 0.15) is 0 Å². The first-order valence-electron chi connectivity index (χ1n) is 2.45. The van der Waals surface area contributed by atoms with Gasteiger partial charge in [0.05, 0.1) is 10.5 Å². The van der Waals surface area contributed by atoms with Crippen LogP contribution in [0.1, 0.15) is 6.42 Å². The SMILES string of the molecule is O=S1C2C=CC1C2. The van der Waals surface area contributed by atoms with Crippen LogP contribution < -0.4 is 0 Å². The fraction of sp³-hybridized carbons (Fsp3) is 0.600. The molecule has 2 heteroatoms. The van der Waals surface area contributed by atoms with Crippen LogP contribution in [-0.2, 0) is 10.8 Å². The molecule has 2 bridgehead atoms. The molecule has 2 aliphatic heterocycles. The molecule has 38 valence electrons. The van der Waals surface area contributed by atoms with Gasteiger partial charge in [0, 0.05) is 10.8 Å². The fourth-order valence-electron chi connectivity index (χ4n) is 1.08. The molecule has 2 unspecified atom stereocenters. The Bertz CT molecular complexity index is 136. The van der Waals surface area contributed by atoms with Crippen LogP contribution in [0.4, 0.5) is 0 Å². The van der Waals surface area contributed by atoms with Crippen LogP contribution >= 0.6 is 0 Å². The van der Waals surface area contributed by atoms with Crippen molar-refractivity contribution in [1.82, 2.24) is 0 Å². The van der Waals surface area contributed by atoms with Gasteiger partial charge in [-0.3, -0.25) is 4.21 Å². The third-order valence-corrected chi connectivity index (χ3v) is 3.49. The van der Waals surface area contributed by atoms with Gasteiger partial charge in [-0.15, -0.1) is 0 Å². The minimum Gasteiger partial charge on any atom is -0.258 e. The molecule has 2 atom stereocenters. The van der Waals surface area contributed by atoms with Crippen molar-refractivity contribution >= 4 is 10.8 Å². The molecule has 0 aromatic heterocycles. The molecule has 3 aliphatic rings. The van der Waals surface area contributed by atoms with Gasteiger partial charge in [-0.05, 0) is 6.42 Å². The van der Waals surface area contributed by atoms with Crippen LogP contribution in [0.5, 0.6) is 0 Å². The van der Waals surface area contributed by atoms with E-state index in [1.165, 1.54) is 0 Å². The molecular weight excluding hydrogens is 108 g/mol. The zero-order valence-electron chi connectivity index (χ0n) is 3.83. The first-order chi connectivity index (χ1) is 3.38. The van der Waals surface area contributed by atoms with E-state index in [2.05, 4.69) is 12.2 Å². The largest absolute Gasteiger partial charge is 0.258 e. The van der Waals surface area contributed by atoms with Crippen molar-refractivity contribution in [3.63, 3.8) is 0 Å². The van der Waals surface area contributed by atoms with Crippen molar-refractivity contribution in [1.29, 1.82) is 0 Å². The summed E-state index contributed by atoms with van der Waals surface area (Å²) in [4.78, 5) is 0. The van der Waals surface area contributed by atoms with Crippen molar-refractivity contribution in [2.24, 2.45) is 0 Å². The first-order valence-corrected chi connectivity index (χ1v) is 3.73. The van der Waals surface area contributed by atoms with Crippen molar-refractivity contribution < 1.29 is 4.21 Å². The first kappa shape index (κ1) is 3.84. The van der Waals surface area contributed by atoms with Crippen molar-refractivity contribution in [3.05, 3.63) is 12.2 Å². The van der Waals surface area contributed by atoms with Gasteiger partial charge in [-0.1, -0.05) is 12.2 Å². The van der Waals surface area contributed by atoms with Gasteiger partial charge >= 0.3 is 0 Å². The van der Waals surface area contributed by atoms with E-state index < -0.39 is 10.8 Å². The molecule has 0 N–H and O–H groups in total. The van der Waals surface area contributed by atoms with Gasteiger partial charge in [0.2, 0.25) is 0 Å². The van der Waals surface area contributed by atoms with Crippen molar-refractivity contribution in [2.75, 3.05) is 0 Å². The molecule has 7 heavy (non-hydrogen) atoms. The summed E-state index contributed by atoms with van der Waals surface area (Å²) < 4.78 is 10.7. The molecule has 0 aromatic rings. The lowest BCUT2D eigenvalue weighted by Crippen LogP contribution is -2.31. The maximum atomic E-state index is 10.7. The van der Waals surface area contributed by atoms with E-state index in [1.807, 2.05) is 0 Å². The zero-order valence-corrected chi connectivity index (χ0v) is 4.65. The van der Waals surface area contributed by atoms with Crippen LogP contribution in [0.25, 0.3) is 0 Å². The van der Waals surface area contributed by atoms with E-state index in [0.717, 1.165) is 6.42 Å². The number of hydrogen-bond donors (Lipinski definition) is 0. The summed E-state index contributed by atoms with van der Waals surface area (Å²) in [5.41, 5.74) is 0. The molecule has 1 nitrogen and oxygen atoms in total. The molecule has 0 amide bonds. The Morgan fingerprint density at radius 2 is 2.00 bits per heavy atom. The average Bonchev–Trinajstić information content (AvgIpc) is 2.18. The summed E-state index contributed by atoms with van der Waals surface area (Å²) in [5, 5.41) is 0.898. The lowest BCUT2D eigenvalue weighted by Gasteiger charge is -2.21. The Morgan fingerprint density at radius 3 is 2.14 bits per heavy atom. The maximum Gasteiger partial charge on any atom is 0.0548 e. The summed E-state index contributed by atoms with van der Waals surface area (Å²) in [6, 6.07) is 0. The van der Waals surface area contributed by atoms with E-state index in [4.69, 9.17) is 0 Å². The second-order valence-electron chi connectivity index (χ2n) is 2.03. The molecular formula is C5H6OS. The Kier molecular flexibility index (Phi) is 0.546. The predicted molar refractivity (Wildman–Crippen MR) is 29.5 cm³/mol. The van der Waals surface area contributed by atoms with Crippen LogP contribution in [0.15, 0.2) is 12.2 Å². The van der Waals surface area contributed by atoms with Crippen LogP contribution in [-0.4, -0.2) is 14.7 Å². The van der Waals surface area contributed by atoms with Gasteiger partial charge in [0.25, 0.3) is 0 Å². The van der Waals surface area contributed by atoms with E-state index in [0.29, 0.717) is 10.5 Å². The van der Waals surface area contributed by atoms with E-state index >= 15 is 0 Å². The van der Waals surface area contributed by atoms with E-state index in [1.54, 1.807) is 0 Å². The Hall–Kier alpha value is -0.110. The Morgan fingerprint density at radius 1 is 1.43 bits per heavy atom. The number of hydrogen-bond acceptors (Lipinski definition) is 1.